The molecular formula is C18H20O2. The zero-order valence-electron chi connectivity index (χ0n) is 12.1. The van der Waals surface area contributed by atoms with E-state index in [9.17, 15) is 0 Å². The Kier molecular flexibility index (Phi) is 3.60. The molecule has 1 aliphatic heterocycles. The summed E-state index contributed by atoms with van der Waals surface area (Å²) in [6.07, 6.45) is 0.830. The molecule has 1 aliphatic rings. The van der Waals surface area contributed by atoms with Gasteiger partial charge >= 0.3 is 0 Å². The van der Waals surface area contributed by atoms with Gasteiger partial charge in [-0.1, -0.05) is 55.5 Å². The first-order chi connectivity index (χ1) is 9.75. The first-order valence-corrected chi connectivity index (χ1v) is 7.19. The normalized spacial score (nSPS) is 17.3. The number of rotatable bonds is 3. The molecule has 2 heteroatoms. The van der Waals surface area contributed by atoms with E-state index < -0.39 is 5.79 Å². The Morgan fingerprint density at radius 1 is 1.00 bits per heavy atom. The van der Waals surface area contributed by atoms with Crippen molar-refractivity contribution >= 4 is 0 Å². The minimum atomic E-state index is -0.542. The summed E-state index contributed by atoms with van der Waals surface area (Å²) in [5.74, 6) is -0.542. The Bertz CT molecular complexity index is 584. The summed E-state index contributed by atoms with van der Waals surface area (Å²) in [6.45, 7) is 5.59. The summed E-state index contributed by atoms with van der Waals surface area (Å²) in [5.41, 5.74) is 4.88. The third-order valence-corrected chi connectivity index (χ3v) is 3.97. The van der Waals surface area contributed by atoms with Crippen molar-refractivity contribution in [3.05, 3.63) is 59.7 Å². The summed E-state index contributed by atoms with van der Waals surface area (Å²) < 4.78 is 11.7. The van der Waals surface area contributed by atoms with Crippen LogP contribution in [0.2, 0.25) is 0 Å². The summed E-state index contributed by atoms with van der Waals surface area (Å²) >= 11 is 0. The molecule has 20 heavy (non-hydrogen) atoms. The summed E-state index contributed by atoms with van der Waals surface area (Å²) in [7, 11) is 0. The average Bonchev–Trinajstić information content (AvgIpc) is 2.98. The van der Waals surface area contributed by atoms with Gasteiger partial charge in [-0.2, -0.15) is 0 Å². The number of ether oxygens (including phenoxy) is 2. The van der Waals surface area contributed by atoms with Gasteiger partial charge in [0.15, 0.2) is 5.79 Å². The lowest BCUT2D eigenvalue weighted by molar-refractivity contribution is -0.167. The van der Waals surface area contributed by atoms with Crippen LogP contribution in [0.15, 0.2) is 48.5 Å². The zero-order valence-corrected chi connectivity index (χ0v) is 12.1. The van der Waals surface area contributed by atoms with Gasteiger partial charge in [0.1, 0.15) is 0 Å². The molecule has 3 rings (SSSR count). The van der Waals surface area contributed by atoms with Gasteiger partial charge in [-0.05, 0) is 23.6 Å². The maximum Gasteiger partial charge on any atom is 0.194 e. The van der Waals surface area contributed by atoms with Crippen LogP contribution < -0.4 is 0 Å². The van der Waals surface area contributed by atoms with E-state index in [2.05, 4.69) is 56.3 Å². The Labute approximate surface area is 120 Å². The minimum absolute atomic E-state index is 0.542. The van der Waals surface area contributed by atoms with Gasteiger partial charge in [0, 0.05) is 12.0 Å². The topological polar surface area (TPSA) is 18.5 Å². The van der Waals surface area contributed by atoms with E-state index in [0.29, 0.717) is 13.2 Å². The summed E-state index contributed by atoms with van der Waals surface area (Å²) in [4.78, 5) is 0. The molecule has 1 heterocycles. The molecule has 1 fully saturated rings. The molecule has 2 aromatic carbocycles. The molecule has 0 bridgehead atoms. The fraction of sp³-hybridized carbons (Fsp3) is 0.333. The van der Waals surface area contributed by atoms with E-state index >= 15 is 0 Å². The van der Waals surface area contributed by atoms with Gasteiger partial charge < -0.3 is 9.47 Å². The lowest BCUT2D eigenvalue weighted by Gasteiger charge is -2.27. The van der Waals surface area contributed by atoms with Crippen molar-refractivity contribution in [3.8, 4) is 11.1 Å². The standard InChI is InChI=1S/C18H20O2/c1-3-18(19-11-12-20-18)16-9-10-17(14(2)13-16)15-7-5-4-6-8-15/h4-10,13H,3,11-12H2,1-2H3. The molecule has 0 aromatic heterocycles. The summed E-state index contributed by atoms with van der Waals surface area (Å²) in [5, 5.41) is 0. The van der Waals surface area contributed by atoms with E-state index in [1.54, 1.807) is 0 Å². The van der Waals surface area contributed by atoms with E-state index in [-0.39, 0.29) is 0 Å². The van der Waals surface area contributed by atoms with E-state index in [1.807, 2.05) is 6.07 Å². The van der Waals surface area contributed by atoms with E-state index in [1.165, 1.54) is 16.7 Å². The number of aryl methyl sites for hydroxylation is 1. The van der Waals surface area contributed by atoms with Crippen molar-refractivity contribution in [2.45, 2.75) is 26.1 Å². The van der Waals surface area contributed by atoms with Crippen LogP contribution in [-0.4, -0.2) is 13.2 Å². The molecule has 2 aromatic rings. The smallest absolute Gasteiger partial charge is 0.194 e. The fourth-order valence-corrected chi connectivity index (χ4v) is 2.87. The van der Waals surface area contributed by atoms with E-state index in [4.69, 9.17) is 9.47 Å². The largest absolute Gasteiger partial charge is 0.343 e. The third kappa shape index (κ3) is 2.26. The Hall–Kier alpha value is -1.64. The monoisotopic (exact) mass is 268 g/mol. The van der Waals surface area contributed by atoms with Crippen LogP contribution in [0, 0.1) is 6.92 Å². The maximum atomic E-state index is 5.85. The average molecular weight is 268 g/mol. The molecule has 2 nitrogen and oxygen atoms in total. The second-order valence-corrected chi connectivity index (χ2v) is 5.20. The molecule has 0 aliphatic carbocycles. The van der Waals surface area contributed by atoms with Crippen LogP contribution in [0.25, 0.3) is 11.1 Å². The predicted octanol–water partition coefficient (Wildman–Crippen LogP) is 4.27. The van der Waals surface area contributed by atoms with Crippen LogP contribution in [0.5, 0.6) is 0 Å². The molecular weight excluding hydrogens is 248 g/mol. The molecule has 0 N–H and O–H groups in total. The third-order valence-electron chi connectivity index (χ3n) is 3.97. The lowest BCUT2D eigenvalue weighted by atomic mass is 9.94. The van der Waals surface area contributed by atoms with Crippen molar-refractivity contribution in [1.82, 2.24) is 0 Å². The second kappa shape index (κ2) is 5.39. The van der Waals surface area contributed by atoms with Crippen molar-refractivity contribution < 1.29 is 9.47 Å². The zero-order chi connectivity index (χ0) is 14.0. The number of hydrogen-bond donors (Lipinski definition) is 0. The molecule has 0 unspecified atom stereocenters. The minimum Gasteiger partial charge on any atom is -0.343 e. The van der Waals surface area contributed by atoms with Gasteiger partial charge in [0.05, 0.1) is 13.2 Å². The molecule has 1 saturated heterocycles. The number of hydrogen-bond acceptors (Lipinski definition) is 2. The Morgan fingerprint density at radius 2 is 1.70 bits per heavy atom. The molecule has 0 spiro atoms. The maximum absolute atomic E-state index is 5.85. The highest BCUT2D eigenvalue weighted by molar-refractivity contribution is 5.67. The van der Waals surface area contributed by atoms with Crippen molar-refractivity contribution in [3.63, 3.8) is 0 Å². The van der Waals surface area contributed by atoms with Gasteiger partial charge in [0.2, 0.25) is 0 Å². The molecule has 0 radical (unpaired) electrons. The van der Waals surface area contributed by atoms with Crippen LogP contribution in [0.3, 0.4) is 0 Å². The van der Waals surface area contributed by atoms with Gasteiger partial charge in [-0.25, -0.2) is 0 Å². The van der Waals surface area contributed by atoms with Crippen LogP contribution in [0.1, 0.15) is 24.5 Å². The first kappa shape index (κ1) is 13.3. The van der Waals surface area contributed by atoms with Crippen molar-refractivity contribution in [2.75, 3.05) is 13.2 Å². The number of benzene rings is 2. The Morgan fingerprint density at radius 3 is 2.30 bits per heavy atom. The molecule has 0 atom stereocenters. The molecule has 0 amide bonds. The summed E-state index contributed by atoms with van der Waals surface area (Å²) in [6, 6.07) is 16.9. The highest BCUT2D eigenvalue weighted by Gasteiger charge is 2.36. The second-order valence-electron chi connectivity index (χ2n) is 5.20. The van der Waals surface area contributed by atoms with Crippen LogP contribution in [0.4, 0.5) is 0 Å². The Balaban J connectivity index is 1.99. The van der Waals surface area contributed by atoms with Gasteiger partial charge in [-0.15, -0.1) is 0 Å². The molecule has 0 saturated carbocycles. The molecule has 104 valence electrons. The predicted molar refractivity (Wildman–Crippen MR) is 80.5 cm³/mol. The SMILES string of the molecule is CCC1(c2ccc(-c3ccccc3)c(C)c2)OCCO1. The van der Waals surface area contributed by atoms with Gasteiger partial charge in [-0.3, -0.25) is 0 Å². The fourth-order valence-electron chi connectivity index (χ4n) is 2.87. The van der Waals surface area contributed by atoms with Gasteiger partial charge in [0.25, 0.3) is 0 Å². The van der Waals surface area contributed by atoms with Crippen LogP contribution >= 0.6 is 0 Å². The van der Waals surface area contributed by atoms with Crippen LogP contribution in [-0.2, 0) is 15.3 Å². The van der Waals surface area contributed by atoms with E-state index in [0.717, 1.165) is 12.0 Å². The lowest BCUT2D eigenvalue weighted by Crippen LogP contribution is -2.26. The first-order valence-electron chi connectivity index (χ1n) is 7.19. The highest BCUT2D eigenvalue weighted by atomic mass is 16.7. The quantitative estimate of drug-likeness (QED) is 0.827. The van der Waals surface area contributed by atoms with Crippen molar-refractivity contribution in [1.29, 1.82) is 0 Å². The highest BCUT2D eigenvalue weighted by Crippen LogP contribution is 2.36. The van der Waals surface area contributed by atoms with Crippen molar-refractivity contribution in [2.24, 2.45) is 0 Å².